The van der Waals surface area contributed by atoms with Crippen LogP contribution in [0.2, 0.25) is 5.02 Å². The predicted molar refractivity (Wildman–Crippen MR) is 95.1 cm³/mol. The Bertz CT molecular complexity index is 881. The fraction of sp³-hybridized carbons (Fsp3) is 0.176. The normalized spacial score (nSPS) is 11.9. The number of nitrogens with zero attached hydrogens (tertiary/aromatic N) is 4. The number of aliphatic hydroxyl groups is 1. The number of aromatic nitrogens is 3. The van der Waals surface area contributed by atoms with Gasteiger partial charge in [0.25, 0.3) is 5.69 Å². The highest BCUT2D eigenvalue weighted by molar-refractivity contribution is 6.30. The number of ether oxygens (including phenoxy) is 1. The molecule has 26 heavy (non-hydrogen) atoms. The van der Waals surface area contributed by atoms with Gasteiger partial charge < -0.3 is 9.84 Å². The molecule has 1 atom stereocenters. The second kappa shape index (κ2) is 7.94. The van der Waals surface area contributed by atoms with E-state index in [1.807, 2.05) is 0 Å². The van der Waals surface area contributed by atoms with Crippen LogP contribution in [0, 0.1) is 10.1 Å². The standard InChI is InChI=1S/C17H15ClN4O4/c18-13-3-7-16(8-4-13)26-10-15(23)9-21-11-19-17(20-21)12-1-5-14(6-2-12)22(24)25/h1-8,11,15,23H,9-10H2/t15-/m0/s1. The van der Waals surface area contributed by atoms with Gasteiger partial charge in [-0.3, -0.25) is 10.1 Å². The summed E-state index contributed by atoms with van der Waals surface area (Å²) in [6, 6.07) is 12.8. The molecule has 0 radical (unpaired) electrons. The Balaban J connectivity index is 1.57. The summed E-state index contributed by atoms with van der Waals surface area (Å²) in [5, 5.41) is 25.6. The number of non-ortho nitro benzene ring substituents is 1. The first kappa shape index (κ1) is 17.8. The molecule has 0 unspecified atom stereocenters. The van der Waals surface area contributed by atoms with Crippen molar-refractivity contribution in [3.8, 4) is 17.1 Å². The molecule has 2 aromatic carbocycles. The van der Waals surface area contributed by atoms with Crippen molar-refractivity contribution in [2.24, 2.45) is 0 Å². The number of hydrogen-bond acceptors (Lipinski definition) is 6. The van der Waals surface area contributed by atoms with Gasteiger partial charge in [-0.15, -0.1) is 0 Å². The van der Waals surface area contributed by atoms with E-state index in [-0.39, 0.29) is 18.8 Å². The molecule has 0 fully saturated rings. The maximum atomic E-state index is 10.7. The summed E-state index contributed by atoms with van der Waals surface area (Å²) in [5.74, 6) is 1.03. The summed E-state index contributed by atoms with van der Waals surface area (Å²) in [4.78, 5) is 14.4. The van der Waals surface area contributed by atoms with Crippen LogP contribution in [0.5, 0.6) is 5.75 Å². The van der Waals surface area contributed by atoms with Crippen LogP contribution in [0.15, 0.2) is 54.9 Å². The highest BCUT2D eigenvalue weighted by Gasteiger charge is 2.11. The molecule has 0 aliphatic heterocycles. The number of benzene rings is 2. The van der Waals surface area contributed by atoms with Gasteiger partial charge in [0.15, 0.2) is 5.82 Å². The fourth-order valence-electron chi connectivity index (χ4n) is 2.24. The lowest BCUT2D eigenvalue weighted by molar-refractivity contribution is -0.384. The molecule has 0 aliphatic carbocycles. The summed E-state index contributed by atoms with van der Waals surface area (Å²) in [6.45, 7) is 0.294. The zero-order chi connectivity index (χ0) is 18.5. The first-order valence-corrected chi connectivity index (χ1v) is 8.10. The molecule has 1 aromatic heterocycles. The van der Waals surface area contributed by atoms with Crippen molar-refractivity contribution in [3.05, 3.63) is 70.0 Å². The van der Waals surface area contributed by atoms with Crippen LogP contribution in [-0.4, -0.2) is 37.5 Å². The molecule has 0 spiro atoms. The van der Waals surface area contributed by atoms with Crippen molar-refractivity contribution in [3.63, 3.8) is 0 Å². The SMILES string of the molecule is O=[N+]([O-])c1ccc(-c2ncn(C[C@H](O)COc3ccc(Cl)cc3)n2)cc1. The lowest BCUT2D eigenvalue weighted by Gasteiger charge is -2.12. The zero-order valence-electron chi connectivity index (χ0n) is 13.5. The number of nitro benzene ring substituents is 1. The summed E-state index contributed by atoms with van der Waals surface area (Å²) < 4.78 is 6.98. The van der Waals surface area contributed by atoms with Crippen molar-refractivity contribution in [2.45, 2.75) is 12.6 Å². The average molecular weight is 375 g/mol. The van der Waals surface area contributed by atoms with E-state index >= 15 is 0 Å². The zero-order valence-corrected chi connectivity index (χ0v) is 14.3. The van der Waals surface area contributed by atoms with Gasteiger partial charge in [-0.25, -0.2) is 9.67 Å². The van der Waals surface area contributed by atoms with Gasteiger partial charge in [0.2, 0.25) is 0 Å². The van der Waals surface area contributed by atoms with Crippen LogP contribution in [-0.2, 0) is 6.54 Å². The largest absolute Gasteiger partial charge is 0.491 e. The molecular weight excluding hydrogens is 360 g/mol. The topological polar surface area (TPSA) is 103 Å². The Hall–Kier alpha value is -2.97. The first-order chi connectivity index (χ1) is 12.5. The molecule has 0 saturated carbocycles. The van der Waals surface area contributed by atoms with E-state index in [1.54, 1.807) is 36.4 Å². The van der Waals surface area contributed by atoms with Crippen LogP contribution in [0.4, 0.5) is 5.69 Å². The van der Waals surface area contributed by atoms with E-state index < -0.39 is 11.0 Å². The predicted octanol–water partition coefficient (Wildman–Crippen LogP) is 2.95. The molecule has 0 bridgehead atoms. The Labute approximate surface area is 153 Å². The van der Waals surface area contributed by atoms with Gasteiger partial charge >= 0.3 is 0 Å². The van der Waals surface area contributed by atoms with Gasteiger partial charge in [0.1, 0.15) is 24.8 Å². The van der Waals surface area contributed by atoms with Crippen molar-refractivity contribution >= 4 is 17.3 Å². The minimum Gasteiger partial charge on any atom is -0.491 e. The van der Waals surface area contributed by atoms with Crippen LogP contribution in [0.3, 0.4) is 0 Å². The lowest BCUT2D eigenvalue weighted by atomic mass is 10.2. The maximum absolute atomic E-state index is 10.7. The Morgan fingerprint density at radius 3 is 2.54 bits per heavy atom. The summed E-state index contributed by atoms with van der Waals surface area (Å²) in [7, 11) is 0. The minimum absolute atomic E-state index is 0.00273. The van der Waals surface area contributed by atoms with E-state index in [2.05, 4.69) is 10.1 Å². The van der Waals surface area contributed by atoms with Gasteiger partial charge in [-0.2, -0.15) is 5.10 Å². The van der Waals surface area contributed by atoms with Crippen molar-refractivity contribution in [2.75, 3.05) is 6.61 Å². The van der Waals surface area contributed by atoms with Crippen LogP contribution < -0.4 is 4.74 Å². The van der Waals surface area contributed by atoms with Gasteiger partial charge in [0, 0.05) is 22.7 Å². The molecule has 0 saturated heterocycles. The molecule has 1 heterocycles. The van der Waals surface area contributed by atoms with E-state index in [4.69, 9.17) is 16.3 Å². The van der Waals surface area contributed by atoms with Crippen molar-refractivity contribution in [1.29, 1.82) is 0 Å². The van der Waals surface area contributed by atoms with Crippen molar-refractivity contribution in [1.82, 2.24) is 14.8 Å². The highest BCUT2D eigenvalue weighted by Crippen LogP contribution is 2.19. The second-order valence-electron chi connectivity index (χ2n) is 5.51. The molecule has 134 valence electrons. The summed E-state index contributed by atoms with van der Waals surface area (Å²) in [6.07, 6.45) is 0.708. The number of rotatable bonds is 7. The number of hydrogen-bond donors (Lipinski definition) is 1. The monoisotopic (exact) mass is 374 g/mol. The number of halogens is 1. The summed E-state index contributed by atoms with van der Waals surface area (Å²) in [5.41, 5.74) is 0.657. The molecule has 9 heteroatoms. The fourth-order valence-corrected chi connectivity index (χ4v) is 2.36. The van der Waals surface area contributed by atoms with E-state index in [0.29, 0.717) is 22.2 Å². The van der Waals surface area contributed by atoms with E-state index in [0.717, 1.165) is 0 Å². The van der Waals surface area contributed by atoms with Gasteiger partial charge in [0.05, 0.1) is 11.5 Å². The third kappa shape index (κ3) is 4.56. The molecule has 0 amide bonds. The molecule has 8 nitrogen and oxygen atoms in total. The molecular formula is C17H15ClN4O4. The van der Waals surface area contributed by atoms with Gasteiger partial charge in [-0.05, 0) is 36.4 Å². The maximum Gasteiger partial charge on any atom is 0.269 e. The Morgan fingerprint density at radius 2 is 1.88 bits per heavy atom. The quantitative estimate of drug-likeness (QED) is 0.503. The minimum atomic E-state index is -0.780. The Morgan fingerprint density at radius 1 is 1.19 bits per heavy atom. The second-order valence-corrected chi connectivity index (χ2v) is 5.95. The molecule has 1 N–H and O–H groups in total. The molecule has 3 rings (SSSR count). The van der Waals surface area contributed by atoms with Crippen molar-refractivity contribution < 1.29 is 14.8 Å². The van der Waals surface area contributed by atoms with E-state index in [9.17, 15) is 15.2 Å². The number of nitro groups is 1. The highest BCUT2D eigenvalue weighted by atomic mass is 35.5. The third-order valence-electron chi connectivity index (χ3n) is 3.53. The first-order valence-electron chi connectivity index (χ1n) is 7.72. The smallest absolute Gasteiger partial charge is 0.269 e. The van der Waals surface area contributed by atoms with Gasteiger partial charge in [-0.1, -0.05) is 11.6 Å². The third-order valence-corrected chi connectivity index (χ3v) is 3.78. The summed E-state index contributed by atoms with van der Waals surface area (Å²) >= 11 is 5.80. The van der Waals surface area contributed by atoms with Crippen LogP contribution in [0.25, 0.3) is 11.4 Å². The average Bonchev–Trinajstić information content (AvgIpc) is 3.10. The molecule has 0 aliphatic rings. The van der Waals surface area contributed by atoms with Crippen LogP contribution in [0.1, 0.15) is 0 Å². The number of aliphatic hydroxyl groups excluding tert-OH is 1. The van der Waals surface area contributed by atoms with Crippen LogP contribution >= 0.6 is 11.6 Å². The molecule has 3 aromatic rings. The lowest BCUT2D eigenvalue weighted by Crippen LogP contribution is -2.23. The van der Waals surface area contributed by atoms with E-state index in [1.165, 1.54) is 23.1 Å². The Kier molecular flexibility index (Phi) is 5.45.